The number of methoxy groups -OCH3 is 3. The van der Waals surface area contributed by atoms with Crippen LogP contribution in [0.5, 0.6) is 28.7 Å². The Kier molecular flexibility index (Phi) is 9.48. The zero-order valence-corrected chi connectivity index (χ0v) is 23.2. The molecule has 0 unspecified atom stereocenters. The summed E-state index contributed by atoms with van der Waals surface area (Å²) in [6.07, 6.45) is 0.484. The third-order valence-corrected chi connectivity index (χ3v) is 6.86. The van der Waals surface area contributed by atoms with E-state index in [9.17, 15) is 29.0 Å². The molecule has 42 heavy (non-hydrogen) atoms. The lowest BCUT2D eigenvalue weighted by Gasteiger charge is -2.26. The molecule has 1 amide bonds. The van der Waals surface area contributed by atoms with Gasteiger partial charge in [0.2, 0.25) is 5.75 Å². The molecule has 0 aliphatic carbocycles. The number of phenols is 2. The van der Waals surface area contributed by atoms with Gasteiger partial charge in [-0.3, -0.25) is 9.59 Å². The Morgan fingerprint density at radius 1 is 0.905 bits per heavy atom. The van der Waals surface area contributed by atoms with Crippen molar-refractivity contribution in [2.75, 3.05) is 34.4 Å². The van der Waals surface area contributed by atoms with Gasteiger partial charge in [-0.1, -0.05) is 12.1 Å². The van der Waals surface area contributed by atoms with Crippen molar-refractivity contribution in [3.05, 3.63) is 76.6 Å². The molecular formula is C30H31FN2O9. The van der Waals surface area contributed by atoms with Crippen molar-refractivity contribution in [3.63, 3.8) is 0 Å². The highest BCUT2D eigenvalue weighted by molar-refractivity contribution is 6.11. The van der Waals surface area contributed by atoms with Crippen molar-refractivity contribution in [1.82, 2.24) is 10.6 Å². The number of carbonyl (C=O) groups is 3. The Hall–Kier alpha value is -4.84. The highest BCUT2D eigenvalue weighted by atomic mass is 19.1. The van der Waals surface area contributed by atoms with Gasteiger partial charge in [-0.15, -0.1) is 0 Å². The average Bonchev–Trinajstić information content (AvgIpc) is 3.21. The van der Waals surface area contributed by atoms with Crippen molar-refractivity contribution in [3.8, 4) is 28.7 Å². The maximum Gasteiger partial charge on any atom is 0.338 e. The normalized spacial score (nSPS) is 16.6. The van der Waals surface area contributed by atoms with E-state index in [1.807, 2.05) is 0 Å². The number of ether oxygens (including phenoxy) is 4. The summed E-state index contributed by atoms with van der Waals surface area (Å²) in [5.41, 5.74) is -0.148. The summed E-state index contributed by atoms with van der Waals surface area (Å²) >= 11 is 0. The van der Waals surface area contributed by atoms with E-state index in [-0.39, 0.29) is 39.7 Å². The third-order valence-electron chi connectivity index (χ3n) is 6.86. The highest BCUT2D eigenvalue weighted by Crippen LogP contribution is 2.37. The Balaban J connectivity index is 1.48. The summed E-state index contributed by atoms with van der Waals surface area (Å²) in [7, 11) is 4.01. The van der Waals surface area contributed by atoms with Crippen LogP contribution < -0.4 is 24.8 Å². The van der Waals surface area contributed by atoms with E-state index in [0.717, 1.165) is 12.1 Å². The van der Waals surface area contributed by atoms with Crippen molar-refractivity contribution in [2.45, 2.75) is 25.0 Å². The van der Waals surface area contributed by atoms with Crippen molar-refractivity contribution in [2.24, 2.45) is 0 Å². The van der Waals surface area contributed by atoms with Crippen LogP contribution in [0.2, 0.25) is 0 Å². The van der Waals surface area contributed by atoms with E-state index in [1.165, 1.54) is 57.7 Å². The Morgan fingerprint density at radius 2 is 1.55 bits per heavy atom. The number of amides is 1. The first kappa shape index (κ1) is 30.1. The fourth-order valence-corrected chi connectivity index (χ4v) is 4.60. The minimum absolute atomic E-state index is 0.0504. The number of carbonyl (C=O) groups excluding carboxylic acids is 3. The molecule has 222 valence electrons. The predicted molar refractivity (Wildman–Crippen MR) is 148 cm³/mol. The van der Waals surface area contributed by atoms with Crippen LogP contribution in [0.25, 0.3) is 0 Å². The summed E-state index contributed by atoms with van der Waals surface area (Å²) in [6.45, 7) is 0.993. The van der Waals surface area contributed by atoms with E-state index in [0.29, 0.717) is 25.9 Å². The number of rotatable bonds is 9. The fraction of sp³-hybridized carbons (Fsp3) is 0.300. The second-order valence-corrected chi connectivity index (χ2v) is 9.51. The molecule has 1 aliphatic rings. The first-order valence-electron chi connectivity index (χ1n) is 13.1. The molecule has 4 rings (SSSR count). The maximum absolute atomic E-state index is 14.5. The molecule has 0 bridgehead atoms. The molecule has 0 radical (unpaired) electrons. The van der Waals surface area contributed by atoms with Gasteiger partial charge < -0.3 is 39.8 Å². The Bertz CT molecular complexity index is 1430. The molecule has 0 aromatic heterocycles. The molecule has 11 nitrogen and oxygen atoms in total. The minimum atomic E-state index is -0.945. The fourth-order valence-electron chi connectivity index (χ4n) is 4.60. The molecule has 1 heterocycles. The van der Waals surface area contributed by atoms with E-state index in [4.69, 9.17) is 18.9 Å². The van der Waals surface area contributed by atoms with Gasteiger partial charge in [-0.05, 0) is 43.7 Å². The van der Waals surface area contributed by atoms with Crippen LogP contribution in [0.1, 0.15) is 49.5 Å². The lowest BCUT2D eigenvalue weighted by atomic mass is 10.0. The molecule has 0 spiro atoms. The molecule has 1 saturated heterocycles. The molecule has 1 fully saturated rings. The van der Waals surface area contributed by atoms with Gasteiger partial charge in [-0.2, -0.15) is 0 Å². The van der Waals surface area contributed by atoms with Gasteiger partial charge in [0.15, 0.2) is 17.3 Å². The molecule has 4 N–H and O–H groups in total. The average molecular weight is 583 g/mol. The molecular weight excluding hydrogens is 551 g/mol. The SMILES string of the molecule is COc1cc(O)c(C(=O)c2ccc(C(=O)O[C@@H]3CCCNC[C@H]3NC(=O)c3cc(OC)c(O)c(OC)c3)cc2)c(F)c1. The quantitative estimate of drug-likeness (QED) is 0.219. The van der Waals surface area contributed by atoms with Crippen LogP contribution in [-0.4, -0.2) is 74.4 Å². The summed E-state index contributed by atoms with van der Waals surface area (Å²) in [5.74, 6) is -3.50. The van der Waals surface area contributed by atoms with Crippen LogP contribution in [0, 0.1) is 5.82 Å². The number of benzene rings is 3. The highest BCUT2D eigenvalue weighted by Gasteiger charge is 2.30. The summed E-state index contributed by atoms with van der Waals surface area (Å²) < 4.78 is 35.4. The van der Waals surface area contributed by atoms with Crippen LogP contribution in [0.4, 0.5) is 4.39 Å². The number of nitrogens with one attached hydrogen (secondary N) is 2. The minimum Gasteiger partial charge on any atom is -0.507 e. The topological polar surface area (TPSA) is 153 Å². The first-order chi connectivity index (χ1) is 20.2. The zero-order chi connectivity index (χ0) is 30.4. The molecule has 2 atom stereocenters. The molecule has 0 saturated carbocycles. The largest absolute Gasteiger partial charge is 0.507 e. The smallest absolute Gasteiger partial charge is 0.338 e. The van der Waals surface area contributed by atoms with E-state index >= 15 is 0 Å². The number of hydrogen-bond donors (Lipinski definition) is 4. The number of ketones is 1. The molecule has 1 aliphatic heterocycles. The monoisotopic (exact) mass is 582 g/mol. The standard InChI is InChI=1S/C30H31FN2O9/c1-39-19-13-20(31)26(22(34)14-19)27(35)16-6-8-17(9-7-16)30(38)42-23-5-4-10-32-15-21(23)33-29(37)18-11-24(40-2)28(36)25(12-18)41-3/h6-9,11-14,21,23,32,34,36H,4-5,10,15H2,1-3H3,(H,33,37)/t21-,23-/m1/s1. The van der Waals surface area contributed by atoms with Crippen LogP contribution in [0.3, 0.4) is 0 Å². The second-order valence-electron chi connectivity index (χ2n) is 9.51. The van der Waals surface area contributed by atoms with Crippen molar-refractivity contribution >= 4 is 17.7 Å². The Morgan fingerprint density at radius 3 is 2.14 bits per heavy atom. The van der Waals surface area contributed by atoms with Gasteiger partial charge in [0.25, 0.3) is 5.91 Å². The van der Waals surface area contributed by atoms with Crippen molar-refractivity contribution < 1.29 is 47.9 Å². The van der Waals surface area contributed by atoms with E-state index in [2.05, 4.69) is 10.6 Å². The molecule has 3 aromatic carbocycles. The number of esters is 1. The molecule has 3 aromatic rings. The Labute approximate surface area is 241 Å². The first-order valence-corrected chi connectivity index (χ1v) is 13.1. The lowest BCUT2D eigenvalue weighted by molar-refractivity contribution is 0.0192. The zero-order valence-electron chi connectivity index (χ0n) is 23.2. The second kappa shape index (κ2) is 13.2. The number of halogens is 1. The number of phenolic OH excluding ortho intramolecular Hbond substituents is 2. The van der Waals surface area contributed by atoms with E-state index < -0.39 is 46.9 Å². The van der Waals surface area contributed by atoms with Gasteiger partial charge in [0.05, 0.1) is 32.9 Å². The maximum atomic E-state index is 14.5. The van der Waals surface area contributed by atoms with Gasteiger partial charge in [-0.25, -0.2) is 9.18 Å². The van der Waals surface area contributed by atoms with Crippen LogP contribution in [0.15, 0.2) is 48.5 Å². The van der Waals surface area contributed by atoms with E-state index in [1.54, 1.807) is 0 Å². The predicted octanol–water partition coefficient (Wildman–Crippen LogP) is 3.20. The summed E-state index contributed by atoms with van der Waals surface area (Å²) in [4.78, 5) is 39.0. The van der Waals surface area contributed by atoms with Crippen LogP contribution in [-0.2, 0) is 4.74 Å². The van der Waals surface area contributed by atoms with Gasteiger partial charge in [0.1, 0.15) is 29.0 Å². The van der Waals surface area contributed by atoms with Gasteiger partial charge >= 0.3 is 5.97 Å². The summed E-state index contributed by atoms with van der Waals surface area (Å²) in [5, 5.41) is 26.4. The summed E-state index contributed by atoms with van der Waals surface area (Å²) in [6, 6.07) is 9.69. The van der Waals surface area contributed by atoms with Gasteiger partial charge in [0, 0.05) is 29.8 Å². The van der Waals surface area contributed by atoms with Crippen molar-refractivity contribution in [1.29, 1.82) is 0 Å². The third kappa shape index (κ3) is 6.55. The van der Waals surface area contributed by atoms with Crippen LogP contribution >= 0.6 is 0 Å². The molecule has 12 heteroatoms. The number of aromatic hydroxyl groups is 2. The number of hydrogen-bond acceptors (Lipinski definition) is 10. The lowest BCUT2D eigenvalue weighted by Crippen LogP contribution is -2.49.